The van der Waals surface area contributed by atoms with E-state index in [1.807, 2.05) is 36.6 Å². The predicted octanol–water partition coefficient (Wildman–Crippen LogP) is 2.54. The molecular weight excluding hydrogens is 446 g/mol. The fourth-order valence-electron chi connectivity index (χ4n) is 4.13. The molecule has 1 saturated heterocycles. The van der Waals surface area contributed by atoms with Crippen LogP contribution < -0.4 is 0 Å². The molecule has 11 heteroatoms. The highest BCUT2D eigenvalue weighted by atomic mass is 32.2. The number of carbonyl (C=O) groups is 1. The Labute approximate surface area is 191 Å². The van der Waals surface area contributed by atoms with E-state index in [-0.39, 0.29) is 37.0 Å². The molecule has 2 aromatic heterocycles. The maximum absolute atomic E-state index is 13.2. The Balaban J connectivity index is 1.52. The summed E-state index contributed by atoms with van der Waals surface area (Å²) in [5.74, 6) is -0.180. The van der Waals surface area contributed by atoms with Crippen LogP contribution >= 0.6 is 0 Å². The van der Waals surface area contributed by atoms with Gasteiger partial charge in [0.05, 0.1) is 22.4 Å². The Bertz CT molecular complexity index is 1310. The lowest BCUT2D eigenvalue weighted by molar-refractivity contribution is -0.387. The maximum Gasteiger partial charge on any atom is 0.289 e. The normalized spacial score (nSPS) is 14.9. The number of hydrogen-bond donors (Lipinski definition) is 0. The fraction of sp³-hybridized carbons (Fsp3) is 0.273. The summed E-state index contributed by atoms with van der Waals surface area (Å²) in [7, 11) is -4.06. The first-order valence-electron chi connectivity index (χ1n) is 10.3. The van der Waals surface area contributed by atoms with Crippen molar-refractivity contribution in [1.82, 2.24) is 18.8 Å². The van der Waals surface area contributed by atoms with Crippen molar-refractivity contribution < 1.29 is 18.1 Å². The van der Waals surface area contributed by atoms with Gasteiger partial charge in [-0.15, -0.1) is 0 Å². The topological polar surface area (TPSA) is 119 Å². The van der Waals surface area contributed by atoms with Gasteiger partial charge in [-0.05, 0) is 38.1 Å². The first kappa shape index (κ1) is 22.6. The molecule has 1 amide bonds. The van der Waals surface area contributed by atoms with Gasteiger partial charge in [0.15, 0.2) is 4.90 Å². The number of pyridine rings is 1. The molecule has 0 spiro atoms. The van der Waals surface area contributed by atoms with Crippen LogP contribution in [0.2, 0.25) is 0 Å². The van der Waals surface area contributed by atoms with Crippen LogP contribution in [0.3, 0.4) is 0 Å². The number of piperazine rings is 1. The minimum atomic E-state index is -4.06. The molecule has 10 nitrogen and oxygen atoms in total. The highest BCUT2D eigenvalue weighted by Gasteiger charge is 2.35. The predicted molar refractivity (Wildman–Crippen MR) is 121 cm³/mol. The number of nitrogens with zero attached hydrogens (tertiary/aromatic N) is 5. The number of aromatic nitrogens is 2. The van der Waals surface area contributed by atoms with Crippen LogP contribution in [-0.4, -0.2) is 64.2 Å². The van der Waals surface area contributed by atoms with Crippen molar-refractivity contribution in [3.63, 3.8) is 0 Å². The van der Waals surface area contributed by atoms with Crippen molar-refractivity contribution in [3.05, 3.63) is 81.9 Å². The number of aryl methyl sites for hydroxylation is 1. The molecule has 1 aliphatic rings. The molecular formula is C22H23N5O5S. The standard InChI is InChI=1S/C22H23N5O5S/c1-16-14-19(17(2)26(16)18-6-5-9-23-15-18)22(28)24-10-12-25(13-11-24)33(31,32)21-8-4-3-7-20(21)27(29)30/h3-9,14-15H,10-13H2,1-2H3. The summed E-state index contributed by atoms with van der Waals surface area (Å²) in [4.78, 5) is 29.2. The summed E-state index contributed by atoms with van der Waals surface area (Å²) < 4.78 is 29.2. The number of para-hydroxylation sites is 1. The smallest absolute Gasteiger partial charge is 0.289 e. The Morgan fingerprint density at radius 3 is 2.39 bits per heavy atom. The number of benzene rings is 1. The summed E-state index contributed by atoms with van der Waals surface area (Å²) >= 11 is 0. The number of sulfonamides is 1. The minimum absolute atomic E-state index is 0.0570. The molecule has 0 saturated carbocycles. The zero-order valence-corrected chi connectivity index (χ0v) is 19.0. The monoisotopic (exact) mass is 469 g/mol. The third-order valence-corrected chi connectivity index (χ3v) is 7.72. The Morgan fingerprint density at radius 2 is 1.76 bits per heavy atom. The summed E-state index contributed by atoms with van der Waals surface area (Å²) in [6, 6.07) is 10.8. The summed E-state index contributed by atoms with van der Waals surface area (Å²) in [5.41, 5.74) is 2.61. The van der Waals surface area contributed by atoms with Crippen molar-refractivity contribution in [2.45, 2.75) is 18.7 Å². The molecule has 1 aliphatic heterocycles. The van der Waals surface area contributed by atoms with Gasteiger partial charge in [0.2, 0.25) is 10.0 Å². The molecule has 1 fully saturated rings. The minimum Gasteiger partial charge on any atom is -0.336 e. The number of nitro groups is 1. The molecule has 0 bridgehead atoms. The Morgan fingerprint density at radius 1 is 1.06 bits per heavy atom. The molecule has 1 aromatic carbocycles. The summed E-state index contributed by atoms with van der Waals surface area (Å²) in [6.07, 6.45) is 3.40. The number of hydrogen-bond acceptors (Lipinski definition) is 6. The number of carbonyl (C=O) groups excluding carboxylic acids is 1. The van der Waals surface area contributed by atoms with Crippen molar-refractivity contribution >= 4 is 21.6 Å². The van der Waals surface area contributed by atoms with Gasteiger partial charge in [-0.3, -0.25) is 19.9 Å². The van der Waals surface area contributed by atoms with E-state index in [1.165, 1.54) is 28.6 Å². The molecule has 172 valence electrons. The van der Waals surface area contributed by atoms with E-state index in [0.29, 0.717) is 5.56 Å². The lowest BCUT2D eigenvalue weighted by Gasteiger charge is -2.34. The molecule has 3 heterocycles. The lowest BCUT2D eigenvalue weighted by atomic mass is 10.2. The summed E-state index contributed by atoms with van der Waals surface area (Å²) in [5, 5.41) is 11.3. The fourth-order valence-corrected chi connectivity index (χ4v) is 5.71. The third-order valence-electron chi connectivity index (χ3n) is 5.77. The van der Waals surface area contributed by atoms with Gasteiger partial charge in [0.25, 0.3) is 11.6 Å². The maximum atomic E-state index is 13.2. The first-order chi connectivity index (χ1) is 15.7. The second-order valence-corrected chi connectivity index (χ2v) is 9.66. The zero-order valence-electron chi connectivity index (χ0n) is 18.2. The third kappa shape index (κ3) is 4.12. The van der Waals surface area contributed by atoms with Crippen LogP contribution in [0.1, 0.15) is 21.7 Å². The Hall–Kier alpha value is -3.57. The van der Waals surface area contributed by atoms with Gasteiger partial charge in [0.1, 0.15) is 0 Å². The highest BCUT2D eigenvalue weighted by molar-refractivity contribution is 7.89. The number of rotatable bonds is 5. The zero-order chi connectivity index (χ0) is 23.8. The van der Waals surface area contributed by atoms with Crippen LogP contribution in [0.15, 0.2) is 59.8 Å². The second kappa shape index (κ2) is 8.75. The van der Waals surface area contributed by atoms with Crippen LogP contribution in [-0.2, 0) is 10.0 Å². The van der Waals surface area contributed by atoms with Gasteiger partial charge in [-0.25, -0.2) is 8.42 Å². The molecule has 4 rings (SSSR count). The average molecular weight is 470 g/mol. The average Bonchev–Trinajstić information content (AvgIpc) is 3.12. The van der Waals surface area contributed by atoms with Gasteiger partial charge < -0.3 is 9.47 Å². The van der Waals surface area contributed by atoms with Gasteiger partial charge in [-0.2, -0.15) is 4.31 Å². The Kier molecular flexibility index (Phi) is 6.00. The molecule has 0 atom stereocenters. The SMILES string of the molecule is Cc1cc(C(=O)N2CCN(S(=O)(=O)c3ccccc3[N+](=O)[O-])CC2)c(C)n1-c1cccnc1. The van der Waals surface area contributed by atoms with Crippen LogP contribution in [0, 0.1) is 24.0 Å². The number of nitro benzene ring substituents is 1. The molecule has 3 aromatic rings. The molecule has 0 unspecified atom stereocenters. The van der Waals surface area contributed by atoms with Gasteiger partial charge in [0, 0.05) is 49.8 Å². The van der Waals surface area contributed by atoms with Crippen LogP contribution in [0.4, 0.5) is 5.69 Å². The van der Waals surface area contributed by atoms with E-state index >= 15 is 0 Å². The van der Waals surface area contributed by atoms with E-state index in [2.05, 4.69) is 4.98 Å². The van der Waals surface area contributed by atoms with Crippen molar-refractivity contribution in [3.8, 4) is 5.69 Å². The molecule has 0 radical (unpaired) electrons. The van der Waals surface area contributed by atoms with Crippen molar-refractivity contribution in [2.24, 2.45) is 0 Å². The van der Waals surface area contributed by atoms with Crippen molar-refractivity contribution in [1.29, 1.82) is 0 Å². The highest BCUT2D eigenvalue weighted by Crippen LogP contribution is 2.28. The van der Waals surface area contributed by atoms with Gasteiger partial charge in [-0.1, -0.05) is 12.1 Å². The van der Waals surface area contributed by atoms with Crippen molar-refractivity contribution in [2.75, 3.05) is 26.2 Å². The van der Waals surface area contributed by atoms with E-state index in [9.17, 15) is 23.3 Å². The molecule has 0 N–H and O–H groups in total. The van der Waals surface area contributed by atoms with Crippen LogP contribution in [0.25, 0.3) is 5.69 Å². The van der Waals surface area contributed by atoms with E-state index < -0.39 is 20.6 Å². The summed E-state index contributed by atoms with van der Waals surface area (Å²) in [6.45, 7) is 4.27. The largest absolute Gasteiger partial charge is 0.336 e. The quantitative estimate of drug-likeness (QED) is 0.419. The molecule has 0 aliphatic carbocycles. The first-order valence-corrected chi connectivity index (χ1v) is 11.8. The molecule has 33 heavy (non-hydrogen) atoms. The van der Waals surface area contributed by atoms with Crippen LogP contribution in [0.5, 0.6) is 0 Å². The van der Waals surface area contributed by atoms with Gasteiger partial charge >= 0.3 is 0 Å². The van der Waals surface area contributed by atoms with E-state index in [1.54, 1.807) is 17.3 Å². The lowest BCUT2D eigenvalue weighted by Crippen LogP contribution is -2.50. The second-order valence-electron chi connectivity index (χ2n) is 7.75. The number of amides is 1. The van der Waals surface area contributed by atoms with E-state index in [0.717, 1.165) is 17.1 Å². The van der Waals surface area contributed by atoms with E-state index in [4.69, 9.17) is 0 Å².